The van der Waals surface area contributed by atoms with E-state index in [0.29, 0.717) is 0 Å². The van der Waals surface area contributed by atoms with Gasteiger partial charge in [0.15, 0.2) is 0 Å². The van der Waals surface area contributed by atoms with Crippen LogP contribution in [0.5, 0.6) is 0 Å². The zero-order valence-corrected chi connectivity index (χ0v) is 13.0. The Morgan fingerprint density at radius 1 is 1.05 bits per heavy atom. The third-order valence-corrected chi connectivity index (χ3v) is 3.47. The van der Waals surface area contributed by atoms with Crippen LogP contribution >= 0.6 is 0 Å². The second-order valence-electron chi connectivity index (χ2n) is 4.93. The molecule has 0 aliphatic rings. The van der Waals surface area contributed by atoms with E-state index in [1.165, 1.54) is 11.3 Å². The second kappa shape index (κ2) is 9.75. The van der Waals surface area contributed by atoms with Crippen LogP contribution in [0.3, 0.4) is 0 Å². The maximum atomic E-state index is 6.05. The first-order valence-electron chi connectivity index (χ1n) is 7.31. The smallest absolute Gasteiger partial charge is 0.0637 e. The molecule has 0 bridgehead atoms. The standard InChI is InChI=1S/C16H28N2O2/c1-4-16(17)14-6-8-15(9-7-14)18(11-13-20-3)10-5-12-19-2/h6-9,16H,4-5,10-13,17H2,1-3H3. The Labute approximate surface area is 122 Å². The van der Waals surface area contributed by atoms with E-state index in [1.54, 1.807) is 14.2 Å². The van der Waals surface area contributed by atoms with Gasteiger partial charge < -0.3 is 20.1 Å². The second-order valence-corrected chi connectivity index (χ2v) is 4.93. The zero-order chi connectivity index (χ0) is 14.8. The number of nitrogens with two attached hydrogens (primary N) is 1. The summed E-state index contributed by atoms with van der Waals surface area (Å²) in [6.07, 6.45) is 1.97. The molecule has 0 fully saturated rings. The predicted octanol–water partition coefficient (Wildman–Crippen LogP) is 2.59. The van der Waals surface area contributed by atoms with Crippen LogP contribution in [-0.2, 0) is 9.47 Å². The van der Waals surface area contributed by atoms with E-state index in [1.807, 2.05) is 0 Å². The highest BCUT2D eigenvalue weighted by atomic mass is 16.5. The molecule has 1 aromatic rings. The Morgan fingerprint density at radius 3 is 2.25 bits per heavy atom. The fourth-order valence-corrected chi connectivity index (χ4v) is 2.14. The number of benzene rings is 1. The van der Waals surface area contributed by atoms with Gasteiger partial charge in [0.05, 0.1) is 6.61 Å². The third kappa shape index (κ3) is 5.49. The fraction of sp³-hybridized carbons (Fsp3) is 0.625. The van der Waals surface area contributed by atoms with Crippen molar-refractivity contribution in [2.24, 2.45) is 5.73 Å². The molecule has 4 nitrogen and oxygen atoms in total. The van der Waals surface area contributed by atoms with Gasteiger partial charge in [-0.2, -0.15) is 0 Å². The summed E-state index contributed by atoms with van der Waals surface area (Å²) in [5, 5.41) is 0. The zero-order valence-electron chi connectivity index (χ0n) is 13.0. The highest BCUT2D eigenvalue weighted by Gasteiger charge is 2.08. The molecule has 0 aliphatic carbocycles. The molecule has 114 valence electrons. The first-order valence-corrected chi connectivity index (χ1v) is 7.31. The first-order chi connectivity index (χ1) is 9.72. The van der Waals surface area contributed by atoms with Crippen molar-refractivity contribution in [3.63, 3.8) is 0 Å². The highest BCUT2D eigenvalue weighted by molar-refractivity contribution is 5.48. The molecular weight excluding hydrogens is 252 g/mol. The van der Waals surface area contributed by atoms with E-state index < -0.39 is 0 Å². The molecule has 1 aromatic carbocycles. The van der Waals surface area contributed by atoms with E-state index in [2.05, 4.69) is 36.1 Å². The number of rotatable bonds is 10. The van der Waals surface area contributed by atoms with Crippen LogP contribution < -0.4 is 10.6 Å². The van der Waals surface area contributed by atoms with E-state index in [4.69, 9.17) is 15.2 Å². The molecule has 0 amide bonds. The normalized spacial score (nSPS) is 12.4. The number of ether oxygens (including phenoxy) is 2. The van der Waals surface area contributed by atoms with E-state index in [0.717, 1.165) is 39.1 Å². The minimum Gasteiger partial charge on any atom is -0.385 e. The molecule has 1 atom stereocenters. The summed E-state index contributed by atoms with van der Waals surface area (Å²) in [6, 6.07) is 8.67. The lowest BCUT2D eigenvalue weighted by atomic mass is 10.1. The van der Waals surface area contributed by atoms with Crippen LogP contribution in [0, 0.1) is 0 Å². The molecule has 0 spiro atoms. The lowest BCUT2D eigenvalue weighted by Crippen LogP contribution is -2.29. The Hall–Kier alpha value is -1.10. The Bertz CT molecular complexity index is 354. The molecule has 0 saturated carbocycles. The van der Waals surface area contributed by atoms with Crippen molar-refractivity contribution in [1.82, 2.24) is 0 Å². The number of methoxy groups -OCH3 is 2. The number of anilines is 1. The van der Waals surface area contributed by atoms with Gasteiger partial charge in [-0.3, -0.25) is 0 Å². The Kier molecular flexibility index (Phi) is 8.26. The Balaban J connectivity index is 2.68. The van der Waals surface area contributed by atoms with Gasteiger partial charge in [0.1, 0.15) is 0 Å². The summed E-state index contributed by atoms with van der Waals surface area (Å²) in [5.74, 6) is 0. The third-order valence-electron chi connectivity index (χ3n) is 3.47. The van der Waals surface area contributed by atoms with Crippen molar-refractivity contribution < 1.29 is 9.47 Å². The van der Waals surface area contributed by atoms with Gasteiger partial charge in [-0.15, -0.1) is 0 Å². The topological polar surface area (TPSA) is 47.7 Å². The summed E-state index contributed by atoms with van der Waals surface area (Å²) < 4.78 is 10.3. The minimum absolute atomic E-state index is 0.130. The van der Waals surface area contributed by atoms with E-state index in [-0.39, 0.29) is 6.04 Å². The molecule has 20 heavy (non-hydrogen) atoms. The summed E-state index contributed by atoms with van der Waals surface area (Å²) in [4.78, 5) is 2.32. The van der Waals surface area contributed by atoms with Crippen molar-refractivity contribution in [2.75, 3.05) is 45.4 Å². The van der Waals surface area contributed by atoms with Crippen molar-refractivity contribution in [3.8, 4) is 0 Å². The summed E-state index contributed by atoms with van der Waals surface area (Å²) in [6.45, 7) is 5.47. The molecular formula is C16H28N2O2. The van der Waals surface area contributed by atoms with Crippen LogP contribution in [0.4, 0.5) is 5.69 Å². The van der Waals surface area contributed by atoms with Gasteiger partial charge in [-0.1, -0.05) is 19.1 Å². The van der Waals surface area contributed by atoms with Crippen LogP contribution in [-0.4, -0.2) is 40.5 Å². The number of hydrogen-bond donors (Lipinski definition) is 1. The van der Waals surface area contributed by atoms with Crippen LogP contribution in [0.2, 0.25) is 0 Å². The molecule has 2 N–H and O–H groups in total. The van der Waals surface area contributed by atoms with Crippen molar-refractivity contribution in [1.29, 1.82) is 0 Å². The first kappa shape index (κ1) is 17.0. The Morgan fingerprint density at radius 2 is 1.70 bits per heavy atom. The van der Waals surface area contributed by atoms with Crippen molar-refractivity contribution in [2.45, 2.75) is 25.8 Å². The molecule has 0 aromatic heterocycles. The summed E-state index contributed by atoms with van der Waals surface area (Å²) in [7, 11) is 3.47. The molecule has 0 heterocycles. The van der Waals surface area contributed by atoms with Crippen LogP contribution in [0.15, 0.2) is 24.3 Å². The van der Waals surface area contributed by atoms with E-state index in [9.17, 15) is 0 Å². The van der Waals surface area contributed by atoms with Gasteiger partial charge >= 0.3 is 0 Å². The van der Waals surface area contributed by atoms with Gasteiger partial charge in [0, 0.05) is 45.6 Å². The van der Waals surface area contributed by atoms with Crippen LogP contribution in [0.25, 0.3) is 0 Å². The van der Waals surface area contributed by atoms with Gasteiger partial charge in [-0.25, -0.2) is 0 Å². The summed E-state index contributed by atoms with van der Waals surface area (Å²) in [5.41, 5.74) is 8.46. The van der Waals surface area contributed by atoms with Gasteiger partial charge in [-0.05, 0) is 30.5 Å². The van der Waals surface area contributed by atoms with Gasteiger partial charge in [0.25, 0.3) is 0 Å². The molecule has 4 heteroatoms. The van der Waals surface area contributed by atoms with Crippen molar-refractivity contribution in [3.05, 3.63) is 29.8 Å². The average molecular weight is 280 g/mol. The van der Waals surface area contributed by atoms with Gasteiger partial charge in [0.2, 0.25) is 0 Å². The van der Waals surface area contributed by atoms with Crippen LogP contribution in [0.1, 0.15) is 31.4 Å². The number of nitrogens with zero attached hydrogens (tertiary/aromatic N) is 1. The maximum Gasteiger partial charge on any atom is 0.0637 e. The number of hydrogen-bond acceptors (Lipinski definition) is 4. The SMILES string of the molecule is CCC(N)c1ccc(N(CCCOC)CCOC)cc1. The predicted molar refractivity (Wildman–Crippen MR) is 84.2 cm³/mol. The minimum atomic E-state index is 0.130. The molecule has 1 unspecified atom stereocenters. The molecule has 1 rings (SSSR count). The molecule has 0 radical (unpaired) electrons. The monoisotopic (exact) mass is 280 g/mol. The lowest BCUT2D eigenvalue weighted by Gasteiger charge is -2.25. The van der Waals surface area contributed by atoms with E-state index >= 15 is 0 Å². The lowest BCUT2D eigenvalue weighted by molar-refractivity contribution is 0.191. The maximum absolute atomic E-state index is 6.05. The molecule has 0 aliphatic heterocycles. The summed E-state index contributed by atoms with van der Waals surface area (Å²) >= 11 is 0. The average Bonchev–Trinajstić information content (AvgIpc) is 2.50. The quantitative estimate of drug-likeness (QED) is 0.669. The molecule has 0 saturated heterocycles. The highest BCUT2D eigenvalue weighted by Crippen LogP contribution is 2.20. The fourth-order valence-electron chi connectivity index (χ4n) is 2.14. The van der Waals surface area contributed by atoms with Crippen molar-refractivity contribution >= 4 is 5.69 Å². The largest absolute Gasteiger partial charge is 0.385 e.